The van der Waals surface area contributed by atoms with E-state index in [1.54, 1.807) is 14.0 Å². The van der Waals surface area contributed by atoms with Crippen molar-refractivity contribution in [3.05, 3.63) is 47.5 Å². The summed E-state index contributed by atoms with van der Waals surface area (Å²) >= 11 is 0. The molecule has 230 valence electrons. The molecule has 5 rings (SSSR count). The van der Waals surface area contributed by atoms with Crippen LogP contribution >= 0.6 is 0 Å². The minimum atomic E-state index is -1.39. The van der Waals surface area contributed by atoms with Crippen molar-refractivity contribution in [3.63, 3.8) is 0 Å². The zero-order valence-corrected chi connectivity index (χ0v) is 27.5. The Bertz CT molecular complexity index is 1190. The van der Waals surface area contributed by atoms with E-state index in [9.17, 15) is 4.79 Å². The molecule has 1 aromatic rings. The summed E-state index contributed by atoms with van der Waals surface area (Å²) in [5.74, 6) is 10.6. The van der Waals surface area contributed by atoms with Gasteiger partial charge in [-0.05, 0) is 98.2 Å². The normalized spacial score (nSPS) is 35.9. The van der Waals surface area contributed by atoms with Crippen molar-refractivity contribution in [2.45, 2.75) is 124 Å². The number of hydrogen-bond acceptors (Lipinski definition) is 3. The second-order valence-corrected chi connectivity index (χ2v) is 15.2. The molecule has 4 aliphatic rings. The van der Waals surface area contributed by atoms with E-state index in [1.165, 1.54) is 56.9 Å². The van der Waals surface area contributed by atoms with Gasteiger partial charge >= 0.3 is 5.97 Å². The van der Waals surface area contributed by atoms with E-state index >= 15 is 0 Å². The fraction of sp³-hybridized carbons (Fsp3) is 0.718. The van der Waals surface area contributed by atoms with Crippen molar-refractivity contribution in [1.29, 1.82) is 0 Å². The van der Waals surface area contributed by atoms with Gasteiger partial charge in [0.15, 0.2) is 0 Å². The summed E-state index contributed by atoms with van der Waals surface area (Å²) in [7, 11) is 1.55. The lowest BCUT2D eigenvalue weighted by atomic mass is 9.47. The fourth-order valence-corrected chi connectivity index (χ4v) is 10.3. The van der Waals surface area contributed by atoms with Crippen LogP contribution in [0.2, 0.25) is 0 Å². The number of benzene rings is 1. The molecule has 3 nitrogen and oxygen atoms in total. The smallest absolute Gasteiger partial charge is 0.356 e. The number of methoxy groups -OCH3 is 1. The lowest BCUT2D eigenvalue weighted by Gasteiger charge is -2.58. The molecule has 0 heterocycles. The highest BCUT2D eigenvalue weighted by Crippen LogP contribution is 2.67. The molecule has 3 fully saturated rings. The van der Waals surface area contributed by atoms with Crippen molar-refractivity contribution >= 4 is 5.97 Å². The summed E-state index contributed by atoms with van der Waals surface area (Å²) in [4.78, 5) is 13.7. The van der Waals surface area contributed by atoms with Crippen molar-refractivity contribution in [2.75, 3.05) is 7.11 Å². The zero-order chi connectivity index (χ0) is 30.1. The first-order valence-corrected chi connectivity index (χ1v) is 17.0. The first-order valence-electron chi connectivity index (χ1n) is 17.0. The van der Waals surface area contributed by atoms with E-state index in [0.717, 1.165) is 60.3 Å². The van der Waals surface area contributed by atoms with E-state index in [2.05, 4.69) is 52.5 Å². The Morgan fingerprint density at radius 2 is 1.79 bits per heavy atom. The third kappa shape index (κ3) is 5.51. The summed E-state index contributed by atoms with van der Waals surface area (Å²) in [5.41, 5.74) is 1.61. The van der Waals surface area contributed by atoms with Crippen LogP contribution in [0.5, 0.6) is 0 Å². The molecule has 9 atom stereocenters. The number of carbonyl (C=O) groups is 1. The topological polar surface area (TPSA) is 35.5 Å². The molecule has 0 N–H and O–H groups in total. The van der Waals surface area contributed by atoms with Gasteiger partial charge in [-0.25, -0.2) is 4.79 Å². The highest BCUT2D eigenvalue weighted by Gasteiger charge is 2.59. The number of allylic oxidation sites excluding steroid dienone is 1. The van der Waals surface area contributed by atoms with Crippen LogP contribution in [0.3, 0.4) is 0 Å². The first-order chi connectivity index (χ1) is 20.1. The largest absolute Gasteiger partial charge is 0.459 e. The Morgan fingerprint density at radius 3 is 2.48 bits per heavy atom. The summed E-state index contributed by atoms with van der Waals surface area (Å²) in [6.45, 7) is 14.3. The highest BCUT2D eigenvalue weighted by atomic mass is 16.6. The van der Waals surface area contributed by atoms with Gasteiger partial charge in [0, 0.05) is 19.1 Å². The Kier molecular flexibility index (Phi) is 9.35. The van der Waals surface area contributed by atoms with Gasteiger partial charge < -0.3 is 9.47 Å². The molecule has 0 aromatic heterocycles. The molecule has 0 aliphatic heterocycles. The molecule has 0 bridgehead atoms. The predicted molar refractivity (Wildman–Crippen MR) is 172 cm³/mol. The average molecular weight is 573 g/mol. The monoisotopic (exact) mass is 572 g/mol. The lowest BCUT2D eigenvalue weighted by molar-refractivity contribution is -0.171. The zero-order valence-electron chi connectivity index (χ0n) is 27.5. The molecule has 3 saturated carbocycles. The van der Waals surface area contributed by atoms with Crippen LogP contribution in [0.1, 0.15) is 118 Å². The molecular weight excluding hydrogens is 516 g/mol. The molecule has 42 heavy (non-hydrogen) atoms. The van der Waals surface area contributed by atoms with Crippen LogP contribution in [0.25, 0.3) is 0 Å². The van der Waals surface area contributed by atoms with Crippen molar-refractivity contribution < 1.29 is 14.3 Å². The van der Waals surface area contributed by atoms with E-state index in [-0.39, 0.29) is 17.5 Å². The lowest BCUT2D eigenvalue weighted by Crippen LogP contribution is -2.51. The Labute approximate surface area is 256 Å². The van der Waals surface area contributed by atoms with E-state index < -0.39 is 5.60 Å². The van der Waals surface area contributed by atoms with Crippen LogP contribution in [0.15, 0.2) is 42.0 Å². The van der Waals surface area contributed by atoms with Crippen LogP contribution in [-0.2, 0) is 19.9 Å². The van der Waals surface area contributed by atoms with Crippen LogP contribution in [0.4, 0.5) is 0 Å². The quantitative estimate of drug-likeness (QED) is 0.168. The molecule has 0 radical (unpaired) electrons. The summed E-state index contributed by atoms with van der Waals surface area (Å²) < 4.78 is 12.1. The number of ether oxygens (including phenoxy) is 2. The van der Waals surface area contributed by atoms with E-state index in [0.29, 0.717) is 5.41 Å². The summed E-state index contributed by atoms with van der Waals surface area (Å²) in [6.07, 6.45) is 16.3. The maximum atomic E-state index is 13.7. The summed E-state index contributed by atoms with van der Waals surface area (Å²) in [5, 5.41) is 0. The van der Waals surface area contributed by atoms with Gasteiger partial charge in [-0.3, -0.25) is 0 Å². The number of esters is 1. The predicted octanol–water partition coefficient (Wildman–Crippen LogP) is 9.50. The van der Waals surface area contributed by atoms with E-state index in [1.807, 2.05) is 30.3 Å². The molecule has 0 unspecified atom stereocenters. The SMILES string of the molecule is CC#C[C@@](OC)(C(=O)O[C@H]1CC[C@@]2(C)C(=CC[C@H]3[C@@H]4CC[C@H]([C@H](C)CCCC(C)C)[C@@]4(C)CC[C@@H]32)C1)c1ccccc1. The Hall–Kier alpha value is -2.05. The maximum absolute atomic E-state index is 13.7. The number of carbonyl (C=O) groups excluding carboxylic acids is 1. The van der Waals surface area contributed by atoms with Crippen molar-refractivity contribution in [1.82, 2.24) is 0 Å². The van der Waals surface area contributed by atoms with Gasteiger partial charge in [0.2, 0.25) is 0 Å². The van der Waals surface area contributed by atoms with Crippen molar-refractivity contribution in [3.8, 4) is 11.8 Å². The van der Waals surface area contributed by atoms with Gasteiger partial charge in [-0.15, -0.1) is 5.92 Å². The van der Waals surface area contributed by atoms with Gasteiger partial charge in [0.05, 0.1) is 0 Å². The Morgan fingerprint density at radius 1 is 1.02 bits per heavy atom. The Balaban J connectivity index is 1.28. The molecule has 4 aliphatic carbocycles. The van der Waals surface area contributed by atoms with Crippen LogP contribution in [-0.4, -0.2) is 19.2 Å². The van der Waals surface area contributed by atoms with Gasteiger partial charge in [-0.1, -0.05) is 102 Å². The number of hydrogen-bond donors (Lipinski definition) is 0. The average Bonchev–Trinajstić information content (AvgIpc) is 3.33. The third-order valence-corrected chi connectivity index (χ3v) is 12.6. The van der Waals surface area contributed by atoms with Gasteiger partial charge in [0.1, 0.15) is 6.10 Å². The van der Waals surface area contributed by atoms with Crippen molar-refractivity contribution in [2.24, 2.45) is 46.3 Å². The molecule has 0 saturated heterocycles. The van der Waals surface area contributed by atoms with Gasteiger partial charge in [0.25, 0.3) is 5.60 Å². The molecule has 0 spiro atoms. The van der Waals surface area contributed by atoms with Gasteiger partial charge in [-0.2, -0.15) is 0 Å². The fourth-order valence-electron chi connectivity index (χ4n) is 10.3. The van der Waals surface area contributed by atoms with E-state index in [4.69, 9.17) is 9.47 Å². The minimum Gasteiger partial charge on any atom is -0.459 e. The molecule has 0 amide bonds. The molecule has 3 heteroatoms. The number of fused-ring (bicyclic) bond motifs is 5. The second-order valence-electron chi connectivity index (χ2n) is 15.2. The number of rotatable bonds is 9. The standard InChI is InChI=1S/C39H56O3/c1-8-23-39(41-7,29-15-10-9-11-16-29)36(40)42-31-21-24-37(5)30(26-31)17-18-32-34-20-19-33(28(4)14-12-13-27(2)3)38(34,6)25-22-35(32)37/h9-11,15-17,27-28,31-35H,12-14,18-22,24-26H2,1-7H3/t28-,31+,32+,33-,34+,35+,37+,38-,39+/m1/s1. The summed E-state index contributed by atoms with van der Waals surface area (Å²) in [6, 6.07) is 9.56. The third-order valence-electron chi connectivity index (χ3n) is 12.6. The first kappa shape index (κ1) is 31.4. The van der Waals surface area contributed by atoms with Crippen LogP contribution in [0, 0.1) is 58.2 Å². The maximum Gasteiger partial charge on any atom is 0.356 e. The van der Waals surface area contributed by atoms with Crippen LogP contribution < -0.4 is 0 Å². The molecular formula is C39H56O3. The minimum absolute atomic E-state index is 0.123. The second kappa shape index (κ2) is 12.5. The highest BCUT2D eigenvalue weighted by molar-refractivity contribution is 5.85. The molecule has 1 aromatic carbocycles.